The molecule has 0 N–H and O–H groups in total. The highest BCUT2D eigenvalue weighted by Crippen LogP contribution is 2.23. The predicted molar refractivity (Wildman–Crippen MR) is 77.4 cm³/mol. The molecule has 10 heteroatoms. The number of aryl methyl sites for hydroxylation is 1. The van der Waals surface area contributed by atoms with Crippen LogP contribution in [-0.2, 0) is 6.54 Å². The van der Waals surface area contributed by atoms with E-state index in [9.17, 15) is 17.6 Å². The van der Waals surface area contributed by atoms with Gasteiger partial charge in [-0.1, -0.05) is 0 Å². The molecule has 3 aromatic rings. The van der Waals surface area contributed by atoms with Crippen LogP contribution in [0.1, 0.15) is 23.7 Å². The number of hydrogen-bond acceptors (Lipinski definition) is 5. The van der Waals surface area contributed by atoms with Crippen molar-refractivity contribution in [2.45, 2.75) is 26.5 Å². The second kappa shape index (κ2) is 6.91. The van der Waals surface area contributed by atoms with Gasteiger partial charge in [0, 0.05) is 11.3 Å². The molecule has 1 aromatic carbocycles. The van der Waals surface area contributed by atoms with E-state index in [0.29, 0.717) is 11.3 Å². The molecule has 0 spiro atoms. The van der Waals surface area contributed by atoms with E-state index >= 15 is 0 Å². The topological polar surface area (TPSA) is 66.0 Å². The van der Waals surface area contributed by atoms with Crippen LogP contribution in [0.15, 0.2) is 34.7 Å². The maximum absolute atomic E-state index is 12.7. The molecule has 0 aliphatic carbocycles. The molecule has 6 nitrogen and oxygen atoms in total. The summed E-state index contributed by atoms with van der Waals surface area (Å²) in [7, 11) is 0. The summed E-state index contributed by atoms with van der Waals surface area (Å²) < 4.78 is 60.6. The molecule has 0 atom stereocenters. The molecule has 0 unspecified atom stereocenters. The van der Waals surface area contributed by atoms with Crippen molar-refractivity contribution >= 4 is 0 Å². The Balaban J connectivity index is 1.74. The highest BCUT2D eigenvalue weighted by Gasteiger charge is 2.16. The molecular formula is C15H12F4N4O2. The van der Waals surface area contributed by atoms with Crippen molar-refractivity contribution in [3.8, 4) is 17.2 Å². The Morgan fingerprint density at radius 1 is 1.12 bits per heavy atom. The van der Waals surface area contributed by atoms with E-state index in [1.54, 1.807) is 6.92 Å². The lowest BCUT2D eigenvalue weighted by Crippen LogP contribution is -2.04. The van der Waals surface area contributed by atoms with Crippen molar-refractivity contribution in [3.05, 3.63) is 47.6 Å². The first-order valence-corrected chi connectivity index (χ1v) is 7.12. The van der Waals surface area contributed by atoms with Crippen molar-refractivity contribution in [3.63, 3.8) is 0 Å². The molecule has 0 aliphatic rings. The van der Waals surface area contributed by atoms with Crippen LogP contribution >= 0.6 is 0 Å². The van der Waals surface area contributed by atoms with E-state index in [0.717, 1.165) is 0 Å². The second-order valence-corrected chi connectivity index (χ2v) is 5.07. The summed E-state index contributed by atoms with van der Waals surface area (Å²) in [5, 5.41) is 11.5. The molecule has 132 valence electrons. The number of hydrogen-bond donors (Lipinski definition) is 0. The Labute approximate surface area is 139 Å². The van der Waals surface area contributed by atoms with E-state index in [1.165, 1.54) is 35.0 Å². The van der Waals surface area contributed by atoms with Crippen LogP contribution in [-0.4, -0.2) is 26.6 Å². The third-order valence-corrected chi connectivity index (χ3v) is 3.30. The number of ether oxygens (including phenoxy) is 1. The molecule has 0 aliphatic heterocycles. The van der Waals surface area contributed by atoms with Gasteiger partial charge in [-0.25, -0.2) is 8.78 Å². The van der Waals surface area contributed by atoms with Gasteiger partial charge in [-0.3, -0.25) is 4.68 Å². The molecular weight excluding hydrogens is 344 g/mol. The highest BCUT2D eigenvalue weighted by molar-refractivity contribution is 5.53. The Morgan fingerprint density at radius 2 is 1.84 bits per heavy atom. The smallest absolute Gasteiger partial charge is 0.387 e. The van der Waals surface area contributed by atoms with Crippen molar-refractivity contribution in [1.82, 2.24) is 20.0 Å². The van der Waals surface area contributed by atoms with Gasteiger partial charge < -0.3 is 9.15 Å². The normalized spacial score (nSPS) is 11.5. The van der Waals surface area contributed by atoms with E-state index in [1.807, 2.05) is 0 Å². The van der Waals surface area contributed by atoms with Crippen LogP contribution in [0.5, 0.6) is 5.75 Å². The predicted octanol–water partition coefficient (Wildman–Crippen LogP) is 3.83. The molecule has 0 saturated carbocycles. The summed E-state index contributed by atoms with van der Waals surface area (Å²) in [6, 6.07) is 6.95. The number of alkyl halides is 4. The summed E-state index contributed by atoms with van der Waals surface area (Å²) in [4.78, 5) is 0. The first kappa shape index (κ1) is 16.9. The largest absolute Gasteiger partial charge is 0.435 e. The van der Waals surface area contributed by atoms with E-state index in [2.05, 4.69) is 20.0 Å². The third kappa shape index (κ3) is 3.95. The minimum atomic E-state index is -2.91. The summed E-state index contributed by atoms with van der Waals surface area (Å²) in [6.07, 6.45) is -2.66. The number of aromatic nitrogens is 4. The summed E-state index contributed by atoms with van der Waals surface area (Å²) >= 11 is 0. The monoisotopic (exact) mass is 356 g/mol. The molecule has 25 heavy (non-hydrogen) atoms. The molecule has 3 rings (SSSR count). The average molecular weight is 356 g/mol. The maximum Gasteiger partial charge on any atom is 0.387 e. The van der Waals surface area contributed by atoms with Crippen LogP contribution in [0.2, 0.25) is 0 Å². The molecule has 0 bridgehead atoms. The van der Waals surface area contributed by atoms with Crippen LogP contribution in [0.3, 0.4) is 0 Å². The van der Waals surface area contributed by atoms with Crippen molar-refractivity contribution < 1.29 is 26.7 Å². The number of benzene rings is 1. The van der Waals surface area contributed by atoms with Crippen LogP contribution in [0.4, 0.5) is 17.6 Å². The quantitative estimate of drug-likeness (QED) is 0.628. The van der Waals surface area contributed by atoms with Gasteiger partial charge in [0.25, 0.3) is 6.43 Å². The molecule has 2 heterocycles. The summed E-state index contributed by atoms with van der Waals surface area (Å²) in [6.45, 7) is -1.23. The lowest BCUT2D eigenvalue weighted by atomic mass is 10.2. The van der Waals surface area contributed by atoms with Gasteiger partial charge >= 0.3 is 6.61 Å². The van der Waals surface area contributed by atoms with Crippen molar-refractivity contribution in [1.29, 1.82) is 0 Å². The van der Waals surface area contributed by atoms with Gasteiger partial charge in [-0.15, -0.1) is 10.2 Å². The SMILES string of the molecule is Cc1cc(C(F)F)nn1Cc1nnc(-c2ccc(OC(F)F)cc2)o1. The van der Waals surface area contributed by atoms with Crippen LogP contribution in [0.25, 0.3) is 11.5 Å². The summed E-state index contributed by atoms with van der Waals surface area (Å²) in [5.74, 6) is 0.345. The van der Waals surface area contributed by atoms with Crippen LogP contribution < -0.4 is 4.74 Å². The number of nitrogens with zero attached hydrogens (tertiary/aromatic N) is 4. The Hall–Kier alpha value is -2.91. The van der Waals surface area contributed by atoms with Crippen LogP contribution in [0, 0.1) is 6.92 Å². The zero-order valence-corrected chi connectivity index (χ0v) is 12.9. The number of rotatable bonds is 6. The maximum atomic E-state index is 12.7. The Morgan fingerprint density at radius 3 is 2.44 bits per heavy atom. The summed E-state index contributed by atoms with van der Waals surface area (Å²) in [5.41, 5.74) is 0.709. The lowest BCUT2D eigenvalue weighted by molar-refractivity contribution is -0.0498. The zero-order chi connectivity index (χ0) is 18.0. The first-order chi connectivity index (χ1) is 11.9. The minimum absolute atomic E-state index is 0.00480. The van der Waals surface area contributed by atoms with Gasteiger partial charge in [0.05, 0.1) is 0 Å². The van der Waals surface area contributed by atoms with Gasteiger partial charge in [-0.2, -0.15) is 13.9 Å². The second-order valence-electron chi connectivity index (χ2n) is 5.07. The fourth-order valence-corrected chi connectivity index (χ4v) is 2.14. The molecule has 0 saturated heterocycles. The fraction of sp³-hybridized carbons (Fsp3) is 0.267. The molecule has 0 radical (unpaired) electrons. The minimum Gasteiger partial charge on any atom is -0.435 e. The average Bonchev–Trinajstić information content (AvgIpc) is 3.16. The highest BCUT2D eigenvalue weighted by atomic mass is 19.3. The van der Waals surface area contributed by atoms with Gasteiger partial charge in [-0.05, 0) is 37.3 Å². The first-order valence-electron chi connectivity index (χ1n) is 7.12. The van der Waals surface area contributed by atoms with E-state index in [-0.39, 0.29) is 29.8 Å². The van der Waals surface area contributed by atoms with Gasteiger partial charge in [0.1, 0.15) is 18.0 Å². The van der Waals surface area contributed by atoms with Crippen molar-refractivity contribution in [2.75, 3.05) is 0 Å². The molecule has 0 fully saturated rings. The van der Waals surface area contributed by atoms with Gasteiger partial charge in [0.2, 0.25) is 11.8 Å². The van der Waals surface area contributed by atoms with Crippen molar-refractivity contribution in [2.24, 2.45) is 0 Å². The standard InChI is InChI=1S/C15H12F4N4O2/c1-8-6-11(13(16)17)22-23(8)7-12-20-21-14(25-12)9-2-4-10(5-3-9)24-15(18)19/h2-6,13,15H,7H2,1H3. The molecule has 2 aromatic heterocycles. The third-order valence-electron chi connectivity index (χ3n) is 3.30. The zero-order valence-electron chi connectivity index (χ0n) is 12.9. The lowest BCUT2D eigenvalue weighted by Gasteiger charge is -2.03. The number of halogens is 4. The van der Waals surface area contributed by atoms with Gasteiger partial charge in [0.15, 0.2) is 0 Å². The Kier molecular flexibility index (Phi) is 4.68. The molecule has 0 amide bonds. The fourth-order valence-electron chi connectivity index (χ4n) is 2.14. The van der Waals surface area contributed by atoms with E-state index < -0.39 is 13.0 Å². The Bertz CT molecular complexity index is 846. The van der Waals surface area contributed by atoms with E-state index in [4.69, 9.17) is 4.42 Å².